The van der Waals surface area contributed by atoms with E-state index >= 15 is 0 Å². The number of thioether (sulfide) groups is 1. The fourth-order valence-corrected chi connectivity index (χ4v) is 5.06. The molecule has 2 heterocycles. The van der Waals surface area contributed by atoms with Crippen molar-refractivity contribution in [1.82, 2.24) is 14.5 Å². The molecule has 0 unspecified atom stereocenters. The van der Waals surface area contributed by atoms with E-state index < -0.39 is 0 Å². The van der Waals surface area contributed by atoms with E-state index in [9.17, 15) is 9.59 Å². The third kappa shape index (κ3) is 5.10. The van der Waals surface area contributed by atoms with E-state index in [2.05, 4.69) is 29.0 Å². The van der Waals surface area contributed by atoms with Crippen LogP contribution < -0.4 is 20.5 Å². The van der Waals surface area contributed by atoms with Gasteiger partial charge in [0.25, 0.3) is 0 Å². The summed E-state index contributed by atoms with van der Waals surface area (Å²) in [5.41, 5.74) is 2.68. The van der Waals surface area contributed by atoms with Crippen molar-refractivity contribution < 1.29 is 14.3 Å². The predicted octanol–water partition coefficient (Wildman–Crippen LogP) is 2.92. The van der Waals surface area contributed by atoms with Crippen LogP contribution in [0.25, 0.3) is 0 Å². The molecular weight excluding hydrogens is 428 g/mol. The summed E-state index contributed by atoms with van der Waals surface area (Å²) in [5, 5.41) is 3.58. The number of anilines is 1. The number of benzene rings is 1. The van der Waals surface area contributed by atoms with Gasteiger partial charge in [0.15, 0.2) is 11.5 Å². The third-order valence-corrected chi connectivity index (χ3v) is 7.00. The smallest absolute Gasteiger partial charge is 0.348 e. The first kappa shape index (κ1) is 22.7. The Bertz CT molecular complexity index is 1040. The van der Waals surface area contributed by atoms with Gasteiger partial charge in [-0.1, -0.05) is 25.6 Å². The molecule has 4 rings (SSSR count). The number of nitrogens with zero attached hydrogens (tertiary/aromatic N) is 3. The average molecular weight is 459 g/mol. The Morgan fingerprint density at radius 2 is 1.97 bits per heavy atom. The molecule has 32 heavy (non-hydrogen) atoms. The second kappa shape index (κ2) is 10.4. The molecule has 0 fully saturated rings. The van der Waals surface area contributed by atoms with Gasteiger partial charge in [0, 0.05) is 36.1 Å². The highest BCUT2D eigenvalue weighted by Gasteiger charge is 2.21. The van der Waals surface area contributed by atoms with Crippen LogP contribution in [0.5, 0.6) is 11.5 Å². The van der Waals surface area contributed by atoms with Crippen LogP contribution in [0.15, 0.2) is 28.0 Å². The molecule has 0 saturated carbocycles. The van der Waals surface area contributed by atoms with Crippen LogP contribution in [0.1, 0.15) is 37.9 Å². The van der Waals surface area contributed by atoms with Gasteiger partial charge >= 0.3 is 5.69 Å². The molecule has 0 atom stereocenters. The number of hydrogen-bond donors (Lipinski definition) is 1. The largest absolute Gasteiger partial charge is 0.454 e. The van der Waals surface area contributed by atoms with Crippen LogP contribution in [-0.4, -0.2) is 52.5 Å². The number of fused-ring (bicyclic) bond motifs is 2. The van der Waals surface area contributed by atoms with Crippen LogP contribution in [0.2, 0.25) is 0 Å². The topological polar surface area (TPSA) is 85.7 Å². The Balaban J connectivity index is 1.44. The minimum absolute atomic E-state index is 0.147. The first-order valence-corrected chi connectivity index (χ1v) is 12.2. The number of carbonyl (C=O) groups is 1. The van der Waals surface area contributed by atoms with Gasteiger partial charge in [-0.25, -0.2) is 4.79 Å². The fraction of sp³-hybridized carbons (Fsp3) is 0.522. The Morgan fingerprint density at radius 1 is 1.19 bits per heavy atom. The van der Waals surface area contributed by atoms with Crippen molar-refractivity contribution in [2.24, 2.45) is 0 Å². The molecular formula is C23H30N4O4S. The number of ether oxygens (including phenoxy) is 2. The predicted molar refractivity (Wildman–Crippen MR) is 125 cm³/mol. The Hall–Kier alpha value is -2.52. The lowest BCUT2D eigenvalue weighted by Gasteiger charge is -2.24. The van der Waals surface area contributed by atoms with Crippen molar-refractivity contribution in [3.8, 4) is 11.5 Å². The highest BCUT2D eigenvalue weighted by atomic mass is 32.2. The van der Waals surface area contributed by atoms with Gasteiger partial charge in [0.2, 0.25) is 12.7 Å². The number of nitrogens with one attached hydrogen (secondary N) is 1. The first-order valence-electron chi connectivity index (χ1n) is 11.3. The second-order valence-electron chi connectivity index (χ2n) is 7.92. The molecule has 2 aliphatic rings. The quantitative estimate of drug-likeness (QED) is 0.457. The number of hydrogen-bond acceptors (Lipinski definition) is 7. The maximum Gasteiger partial charge on any atom is 0.348 e. The Kier molecular flexibility index (Phi) is 7.36. The zero-order chi connectivity index (χ0) is 22.5. The number of likely N-dealkylation sites (N-methyl/N-ethyl adjacent to an activating group) is 1. The summed E-state index contributed by atoms with van der Waals surface area (Å²) in [7, 11) is 0. The van der Waals surface area contributed by atoms with Crippen LogP contribution >= 0.6 is 11.8 Å². The lowest BCUT2D eigenvalue weighted by Crippen LogP contribution is -2.35. The lowest BCUT2D eigenvalue weighted by molar-refractivity contribution is -0.113. The van der Waals surface area contributed by atoms with Crippen molar-refractivity contribution in [2.45, 2.75) is 51.1 Å². The van der Waals surface area contributed by atoms with E-state index in [1.807, 2.05) is 4.57 Å². The molecule has 9 heteroatoms. The zero-order valence-corrected chi connectivity index (χ0v) is 19.5. The molecule has 0 bridgehead atoms. The van der Waals surface area contributed by atoms with Crippen molar-refractivity contribution in [3.63, 3.8) is 0 Å². The molecule has 0 radical (unpaired) electrons. The van der Waals surface area contributed by atoms with E-state index in [4.69, 9.17) is 9.47 Å². The van der Waals surface area contributed by atoms with Crippen LogP contribution in [0.3, 0.4) is 0 Å². The van der Waals surface area contributed by atoms with Gasteiger partial charge in [0.1, 0.15) is 5.03 Å². The molecule has 1 aliphatic heterocycles. The summed E-state index contributed by atoms with van der Waals surface area (Å²) in [6.45, 7) is 7.89. The van der Waals surface area contributed by atoms with E-state index in [0.29, 0.717) is 28.8 Å². The SMILES string of the molecule is CCN(CC)CCn1c2c(c(SCC(=O)Nc3ccc4c(c3)OCO4)nc1=O)CCCC2. The van der Waals surface area contributed by atoms with Crippen molar-refractivity contribution >= 4 is 23.4 Å². The highest BCUT2D eigenvalue weighted by molar-refractivity contribution is 8.00. The number of amides is 1. The van der Waals surface area contributed by atoms with Crippen LogP contribution in [-0.2, 0) is 24.2 Å². The summed E-state index contributed by atoms with van der Waals surface area (Å²) in [4.78, 5) is 32.1. The third-order valence-electron chi connectivity index (χ3n) is 5.98. The summed E-state index contributed by atoms with van der Waals surface area (Å²) < 4.78 is 12.5. The number of aromatic nitrogens is 2. The molecule has 1 aromatic carbocycles. The van der Waals surface area contributed by atoms with Gasteiger partial charge in [-0.2, -0.15) is 4.98 Å². The normalized spacial score (nSPS) is 14.5. The van der Waals surface area contributed by atoms with Gasteiger partial charge in [-0.3, -0.25) is 9.36 Å². The van der Waals surface area contributed by atoms with Crippen LogP contribution in [0, 0.1) is 0 Å². The minimum Gasteiger partial charge on any atom is -0.454 e. The van der Waals surface area contributed by atoms with Gasteiger partial charge in [-0.15, -0.1) is 0 Å². The summed E-state index contributed by atoms with van der Waals surface area (Å²) in [6.07, 6.45) is 3.96. The Morgan fingerprint density at radius 3 is 2.78 bits per heavy atom. The maximum atomic E-state index is 12.8. The molecule has 172 valence electrons. The van der Waals surface area contributed by atoms with Crippen molar-refractivity contribution in [2.75, 3.05) is 37.5 Å². The average Bonchev–Trinajstić information content (AvgIpc) is 3.27. The molecule has 1 aliphatic carbocycles. The highest BCUT2D eigenvalue weighted by Crippen LogP contribution is 2.34. The van der Waals surface area contributed by atoms with E-state index in [1.54, 1.807) is 18.2 Å². The van der Waals surface area contributed by atoms with Crippen molar-refractivity contribution in [1.29, 1.82) is 0 Å². The molecule has 0 spiro atoms. The zero-order valence-electron chi connectivity index (χ0n) is 18.7. The molecule has 1 N–H and O–H groups in total. The number of rotatable bonds is 9. The minimum atomic E-state index is -0.212. The molecule has 0 saturated heterocycles. The van der Waals surface area contributed by atoms with Gasteiger partial charge < -0.3 is 19.7 Å². The summed E-state index contributed by atoms with van der Waals surface area (Å²) in [5.74, 6) is 1.34. The summed E-state index contributed by atoms with van der Waals surface area (Å²) >= 11 is 1.34. The molecule has 8 nitrogen and oxygen atoms in total. The lowest BCUT2D eigenvalue weighted by atomic mass is 9.97. The fourth-order valence-electron chi connectivity index (χ4n) is 4.18. The monoisotopic (exact) mass is 458 g/mol. The maximum absolute atomic E-state index is 12.8. The first-order chi connectivity index (χ1) is 15.6. The van der Waals surface area contributed by atoms with Gasteiger partial charge in [0.05, 0.1) is 5.75 Å². The Labute approximate surface area is 192 Å². The van der Waals surface area contributed by atoms with E-state index in [0.717, 1.165) is 56.6 Å². The second-order valence-corrected chi connectivity index (χ2v) is 8.88. The van der Waals surface area contributed by atoms with E-state index in [-0.39, 0.29) is 24.1 Å². The summed E-state index contributed by atoms with van der Waals surface area (Å²) in [6, 6.07) is 5.32. The standard InChI is InChI=1S/C23H30N4O4S/c1-3-26(4-2)11-12-27-18-8-6-5-7-17(18)22(25-23(27)29)32-14-21(28)24-16-9-10-19-20(13-16)31-15-30-19/h9-10,13H,3-8,11-12,14-15H2,1-2H3,(H,24,28). The van der Waals surface area contributed by atoms with Crippen LogP contribution in [0.4, 0.5) is 5.69 Å². The molecule has 1 aromatic heterocycles. The van der Waals surface area contributed by atoms with Crippen molar-refractivity contribution in [3.05, 3.63) is 39.9 Å². The molecule has 2 aromatic rings. The van der Waals surface area contributed by atoms with E-state index in [1.165, 1.54) is 11.8 Å². The molecule has 1 amide bonds. The van der Waals surface area contributed by atoms with Gasteiger partial charge in [-0.05, 0) is 50.9 Å². The number of carbonyl (C=O) groups excluding carboxylic acids is 1.